The molecule has 0 saturated carbocycles. The molecule has 0 aliphatic heterocycles. The minimum absolute atomic E-state index is 0.0482. The largest absolute Gasteiger partial charge is 0.481 e. The molecule has 0 aromatic heterocycles. The Hall–Kier alpha value is -2.87. The molecule has 9 N–H and O–H groups in total. The van der Waals surface area contributed by atoms with Crippen LogP contribution in [0.4, 0.5) is 0 Å². The summed E-state index contributed by atoms with van der Waals surface area (Å²) in [6, 6.07) is -5.31. The molecule has 0 aliphatic rings. The second-order valence-electron chi connectivity index (χ2n) is 6.08. The molecule has 29 heavy (non-hydrogen) atoms. The van der Waals surface area contributed by atoms with E-state index in [9.17, 15) is 28.8 Å². The number of hydrogen-bond donors (Lipinski definition) is 8. The number of rotatable bonds is 13. The van der Waals surface area contributed by atoms with Crippen LogP contribution in [-0.4, -0.2) is 75.7 Å². The predicted molar refractivity (Wildman–Crippen MR) is 102 cm³/mol. The van der Waals surface area contributed by atoms with Gasteiger partial charge in [0.15, 0.2) is 0 Å². The van der Waals surface area contributed by atoms with E-state index in [2.05, 4.69) is 28.6 Å². The van der Waals surface area contributed by atoms with E-state index in [1.165, 1.54) is 6.92 Å². The second-order valence-corrected chi connectivity index (χ2v) is 6.45. The van der Waals surface area contributed by atoms with Crippen molar-refractivity contribution >= 4 is 48.2 Å². The minimum atomic E-state index is -1.48. The Balaban J connectivity index is 5.38. The summed E-state index contributed by atoms with van der Waals surface area (Å²) in [5, 5.41) is 24.2. The van der Waals surface area contributed by atoms with E-state index in [0.29, 0.717) is 0 Å². The second kappa shape index (κ2) is 12.6. The number of carbonyl (C=O) groups excluding carboxylic acids is 4. The van der Waals surface area contributed by atoms with E-state index in [0.717, 1.165) is 0 Å². The zero-order valence-corrected chi connectivity index (χ0v) is 16.5. The first-order valence-electron chi connectivity index (χ1n) is 8.39. The van der Waals surface area contributed by atoms with Crippen molar-refractivity contribution in [2.45, 2.75) is 50.4 Å². The van der Waals surface area contributed by atoms with Gasteiger partial charge in [0.25, 0.3) is 0 Å². The lowest BCUT2D eigenvalue weighted by molar-refractivity contribution is -0.142. The Morgan fingerprint density at radius 3 is 1.90 bits per heavy atom. The average molecular weight is 435 g/mol. The summed E-state index contributed by atoms with van der Waals surface area (Å²) < 4.78 is 0. The highest BCUT2D eigenvalue weighted by Crippen LogP contribution is 2.02. The van der Waals surface area contributed by atoms with Crippen LogP contribution >= 0.6 is 12.6 Å². The molecule has 0 aromatic carbocycles. The summed E-state index contributed by atoms with van der Waals surface area (Å²) in [5.74, 6) is -6.34. The molecular weight excluding hydrogens is 410 g/mol. The van der Waals surface area contributed by atoms with Crippen molar-refractivity contribution in [2.75, 3.05) is 5.75 Å². The fourth-order valence-electron chi connectivity index (χ4n) is 1.96. The number of amides is 4. The van der Waals surface area contributed by atoms with Gasteiger partial charge in [-0.25, -0.2) is 0 Å². The molecule has 4 unspecified atom stereocenters. The number of carboxylic acid groups (broad SMARTS) is 2. The maximum absolute atomic E-state index is 12.5. The summed E-state index contributed by atoms with van der Waals surface area (Å²) >= 11 is 3.84. The molecule has 0 radical (unpaired) electrons. The molecule has 4 amide bonds. The minimum Gasteiger partial charge on any atom is -0.481 e. The first-order valence-corrected chi connectivity index (χ1v) is 9.02. The Morgan fingerprint density at radius 2 is 1.45 bits per heavy atom. The number of carboxylic acids is 2. The highest BCUT2D eigenvalue weighted by Gasteiger charge is 2.30. The highest BCUT2D eigenvalue weighted by molar-refractivity contribution is 7.80. The maximum Gasteiger partial charge on any atom is 0.325 e. The summed E-state index contributed by atoms with van der Waals surface area (Å²) in [5.41, 5.74) is 10.6. The number of nitrogens with one attached hydrogen (secondary N) is 3. The number of hydrogen-bond acceptors (Lipinski definition) is 8. The summed E-state index contributed by atoms with van der Waals surface area (Å²) in [4.78, 5) is 69.5. The van der Waals surface area contributed by atoms with E-state index in [1.807, 2.05) is 0 Å². The topological polar surface area (TPSA) is 231 Å². The molecule has 0 fully saturated rings. The van der Waals surface area contributed by atoms with E-state index >= 15 is 0 Å². The van der Waals surface area contributed by atoms with Crippen LogP contribution in [0, 0.1) is 0 Å². The summed E-state index contributed by atoms with van der Waals surface area (Å²) in [7, 11) is 0. The van der Waals surface area contributed by atoms with Crippen LogP contribution in [0.5, 0.6) is 0 Å². The third kappa shape index (κ3) is 10.3. The molecule has 0 saturated heterocycles. The molecule has 0 spiro atoms. The Kier molecular flexibility index (Phi) is 11.3. The Bertz CT molecular complexity index is 659. The first kappa shape index (κ1) is 26.1. The summed E-state index contributed by atoms with van der Waals surface area (Å²) in [6.45, 7) is 1.17. The Labute approximate surface area is 171 Å². The maximum atomic E-state index is 12.5. The fourth-order valence-corrected chi connectivity index (χ4v) is 2.12. The summed E-state index contributed by atoms with van der Waals surface area (Å²) in [6.07, 6.45) is -1.50. The van der Waals surface area contributed by atoms with Crippen LogP contribution in [0.25, 0.3) is 0 Å². The van der Waals surface area contributed by atoms with Crippen molar-refractivity contribution in [3.05, 3.63) is 0 Å². The van der Waals surface area contributed by atoms with E-state index in [-0.39, 0.29) is 12.2 Å². The lowest BCUT2D eigenvalue weighted by Crippen LogP contribution is -2.57. The van der Waals surface area contributed by atoms with Crippen molar-refractivity contribution < 1.29 is 39.0 Å². The van der Waals surface area contributed by atoms with Crippen molar-refractivity contribution in [3.8, 4) is 0 Å². The molecule has 164 valence electrons. The van der Waals surface area contributed by atoms with Crippen molar-refractivity contribution in [1.82, 2.24) is 16.0 Å². The number of nitrogens with two attached hydrogens (primary N) is 2. The van der Waals surface area contributed by atoms with Crippen LogP contribution < -0.4 is 27.4 Å². The van der Waals surface area contributed by atoms with Gasteiger partial charge in [0, 0.05) is 12.2 Å². The first-order chi connectivity index (χ1) is 13.4. The van der Waals surface area contributed by atoms with Gasteiger partial charge in [-0.1, -0.05) is 0 Å². The van der Waals surface area contributed by atoms with E-state index < -0.39 is 72.6 Å². The smallest absolute Gasteiger partial charge is 0.325 e. The van der Waals surface area contributed by atoms with Crippen LogP contribution in [-0.2, 0) is 28.8 Å². The van der Waals surface area contributed by atoms with Gasteiger partial charge in [-0.3, -0.25) is 28.8 Å². The van der Waals surface area contributed by atoms with Crippen LogP contribution in [0.2, 0.25) is 0 Å². The SMILES string of the molecule is CC(NC(=O)C(CCC(=O)O)NC(=O)C(CC(N)=O)NC(=O)C(N)CS)C(=O)O. The van der Waals surface area contributed by atoms with Gasteiger partial charge in [0.2, 0.25) is 23.6 Å². The Morgan fingerprint density at radius 1 is 0.931 bits per heavy atom. The van der Waals surface area contributed by atoms with Crippen molar-refractivity contribution in [2.24, 2.45) is 11.5 Å². The lowest BCUT2D eigenvalue weighted by atomic mass is 10.1. The zero-order valence-electron chi connectivity index (χ0n) is 15.6. The predicted octanol–water partition coefficient (Wildman–Crippen LogP) is -3.46. The fraction of sp³-hybridized carbons (Fsp3) is 0.600. The monoisotopic (exact) mass is 435 g/mol. The molecule has 0 aromatic rings. The van der Waals surface area contributed by atoms with E-state index in [1.54, 1.807) is 0 Å². The number of aliphatic carboxylic acids is 2. The molecule has 14 heteroatoms. The molecule has 0 rings (SSSR count). The van der Waals surface area contributed by atoms with Gasteiger partial charge in [-0.05, 0) is 13.3 Å². The molecule has 13 nitrogen and oxygen atoms in total. The van der Waals surface area contributed by atoms with Gasteiger partial charge in [-0.15, -0.1) is 0 Å². The van der Waals surface area contributed by atoms with Gasteiger partial charge < -0.3 is 37.6 Å². The van der Waals surface area contributed by atoms with Crippen molar-refractivity contribution in [1.29, 1.82) is 0 Å². The van der Waals surface area contributed by atoms with Crippen LogP contribution in [0.3, 0.4) is 0 Å². The van der Waals surface area contributed by atoms with Gasteiger partial charge in [0.1, 0.15) is 18.1 Å². The molecular formula is C15H25N5O8S. The number of primary amides is 1. The van der Waals surface area contributed by atoms with Gasteiger partial charge in [0.05, 0.1) is 12.5 Å². The highest BCUT2D eigenvalue weighted by atomic mass is 32.1. The quantitative estimate of drug-likeness (QED) is 0.134. The van der Waals surface area contributed by atoms with Gasteiger partial charge in [-0.2, -0.15) is 12.6 Å². The zero-order chi connectivity index (χ0) is 22.7. The molecule has 0 heterocycles. The molecule has 0 aliphatic carbocycles. The van der Waals surface area contributed by atoms with E-state index in [4.69, 9.17) is 21.7 Å². The number of thiol groups is 1. The average Bonchev–Trinajstić information content (AvgIpc) is 2.62. The molecule has 4 atom stereocenters. The normalized spacial score (nSPS) is 14.6. The van der Waals surface area contributed by atoms with Crippen LogP contribution in [0.1, 0.15) is 26.2 Å². The third-order valence-electron chi connectivity index (χ3n) is 3.58. The lowest BCUT2D eigenvalue weighted by Gasteiger charge is -2.23. The molecule has 0 bridgehead atoms. The number of carbonyl (C=O) groups is 6. The van der Waals surface area contributed by atoms with Gasteiger partial charge >= 0.3 is 11.9 Å². The standard InChI is InChI=1S/C15H25N5O8S/c1-6(15(27)28)18-13(25)8(2-3-11(22)23)19-14(26)9(4-10(17)21)20-12(24)7(16)5-29/h6-9,29H,2-5,16H2,1H3,(H2,17,21)(H,18,25)(H,19,26)(H,20,24)(H,22,23)(H,27,28). The van der Waals surface area contributed by atoms with Crippen LogP contribution in [0.15, 0.2) is 0 Å². The van der Waals surface area contributed by atoms with Crippen molar-refractivity contribution in [3.63, 3.8) is 0 Å². The third-order valence-corrected chi connectivity index (χ3v) is 3.97.